The second-order valence-corrected chi connectivity index (χ2v) is 8.93. The van der Waals surface area contributed by atoms with Crippen molar-refractivity contribution in [1.29, 1.82) is 0 Å². The average Bonchev–Trinajstić information content (AvgIpc) is 2.83. The van der Waals surface area contributed by atoms with E-state index in [1.165, 1.54) is 16.7 Å². The summed E-state index contributed by atoms with van der Waals surface area (Å²) in [6, 6.07) is 16.3. The van der Waals surface area contributed by atoms with Crippen molar-refractivity contribution >= 4 is 29.1 Å². The Morgan fingerprint density at radius 1 is 1.08 bits per heavy atom. The molecule has 0 saturated carbocycles. The second-order valence-electron chi connectivity index (χ2n) is 8.50. The fraction of sp³-hybridized carbons (Fsp3) is 0.385. The highest BCUT2D eigenvalue weighted by molar-refractivity contribution is 6.30. The van der Waals surface area contributed by atoms with Crippen LogP contribution in [0, 0.1) is 5.92 Å². The summed E-state index contributed by atoms with van der Waals surface area (Å²) in [5.74, 6) is -2.20. The van der Waals surface area contributed by atoms with Crippen LogP contribution in [-0.4, -0.2) is 59.5 Å². The lowest BCUT2D eigenvalue weighted by molar-refractivity contribution is -0.192. The quantitative estimate of drug-likeness (QED) is 0.429. The number of hydrogen-bond donors (Lipinski definition) is 2. The molecule has 1 heterocycles. The zero-order chi connectivity index (χ0) is 26.7. The Morgan fingerprint density at radius 3 is 2.19 bits per heavy atom. The van der Waals surface area contributed by atoms with Crippen molar-refractivity contribution in [1.82, 2.24) is 4.90 Å². The van der Waals surface area contributed by atoms with Crippen molar-refractivity contribution in [3.05, 3.63) is 70.8 Å². The van der Waals surface area contributed by atoms with Gasteiger partial charge in [0.05, 0.1) is 13.0 Å². The molecule has 0 unspecified atom stereocenters. The van der Waals surface area contributed by atoms with Gasteiger partial charge in [0.1, 0.15) is 5.75 Å². The third kappa shape index (κ3) is 10.7. The molecular formula is C26H29ClF3NO5. The van der Waals surface area contributed by atoms with Crippen LogP contribution in [0.1, 0.15) is 30.9 Å². The van der Waals surface area contributed by atoms with Gasteiger partial charge in [0.25, 0.3) is 0 Å². The van der Waals surface area contributed by atoms with Crippen LogP contribution in [-0.2, 0) is 16.0 Å². The maximum Gasteiger partial charge on any atom is 0.490 e. The Kier molecular flexibility index (Phi) is 11.3. The van der Waals surface area contributed by atoms with Gasteiger partial charge in [-0.2, -0.15) is 13.2 Å². The summed E-state index contributed by atoms with van der Waals surface area (Å²) in [7, 11) is 0. The molecule has 1 aliphatic heterocycles. The van der Waals surface area contributed by atoms with E-state index in [0.29, 0.717) is 19.1 Å². The van der Waals surface area contributed by atoms with Crippen molar-refractivity contribution < 1.29 is 37.7 Å². The van der Waals surface area contributed by atoms with Gasteiger partial charge in [-0.25, -0.2) is 4.79 Å². The summed E-state index contributed by atoms with van der Waals surface area (Å²) in [5, 5.41) is 16.7. The Hall–Kier alpha value is -3.04. The number of nitrogens with zero attached hydrogens (tertiary/aromatic N) is 1. The van der Waals surface area contributed by atoms with E-state index in [1.807, 2.05) is 24.3 Å². The van der Waals surface area contributed by atoms with Gasteiger partial charge >= 0.3 is 18.1 Å². The molecule has 0 bridgehead atoms. The summed E-state index contributed by atoms with van der Waals surface area (Å²) in [6.07, 6.45) is -0.778. The standard InChI is InChI=1S/C24H28ClNO3.C2HF3O2/c1-18(16-19-2-6-22(25)7-3-19)17-29-23-8-4-20(5-9-23)21-10-13-26(14-11-21)15-12-24(27)28;3-2(4,5)1(6)7/h2-10,18H,11-17H2,1H3,(H,27,28);(H,6,7)/t18-;/m0./s1. The van der Waals surface area contributed by atoms with Gasteiger partial charge in [0, 0.05) is 24.7 Å². The van der Waals surface area contributed by atoms with Crippen molar-refractivity contribution in [2.24, 2.45) is 5.92 Å². The van der Waals surface area contributed by atoms with Crippen molar-refractivity contribution in [2.75, 3.05) is 26.2 Å². The lowest BCUT2D eigenvalue weighted by atomic mass is 9.99. The zero-order valence-electron chi connectivity index (χ0n) is 19.8. The normalized spacial score (nSPS) is 14.8. The Morgan fingerprint density at radius 2 is 1.69 bits per heavy atom. The molecule has 2 aromatic rings. The van der Waals surface area contributed by atoms with E-state index in [0.717, 1.165) is 36.7 Å². The van der Waals surface area contributed by atoms with Crippen LogP contribution in [0.15, 0.2) is 54.6 Å². The molecular weight excluding hydrogens is 499 g/mol. The third-order valence-electron chi connectivity index (χ3n) is 5.43. The summed E-state index contributed by atoms with van der Waals surface area (Å²) < 4.78 is 37.7. The number of hydrogen-bond acceptors (Lipinski definition) is 4. The molecule has 0 amide bonds. The molecule has 1 atom stereocenters. The number of carboxylic acid groups (broad SMARTS) is 2. The molecule has 36 heavy (non-hydrogen) atoms. The lowest BCUT2D eigenvalue weighted by Gasteiger charge is -2.25. The van der Waals surface area contributed by atoms with E-state index in [9.17, 15) is 18.0 Å². The first kappa shape index (κ1) is 29.2. The topological polar surface area (TPSA) is 87.1 Å². The van der Waals surface area contributed by atoms with Crippen LogP contribution < -0.4 is 4.74 Å². The molecule has 0 fully saturated rings. The summed E-state index contributed by atoms with van der Waals surface area (Å²) in [6.45, 7) is 5.18. The molecule has 10 heteroatoms. The maximum atomic E-state index is 10.7. The molecule has 196 valence electrons. The van der Waals surface area contributed by atoms with Crippen molar-refractivity contribution in [3.8, 4) is 5.75 Å². The molecule has 1 aliphatic rings. The first-order chi connectivity index (χ1) is 16.9. The third-order valence-corrected chi connectivity index (χ3v) is 5.69. The van der Waals surface area contributed by atoms with E-state index < -0.39 is 18.1 Å². The maximum absolute atomic E-state index is 10.7. The summed E-state index contributed by atoms with van der Waals surface area (Å²) >= 11 is 5.94. The molecule has 0 aliphatic carbocycles. The van der Waals surface area contributed by atoms with Crippen LogP contribution in [0.4, 0.5) is 13.2 Å². The molecule has 6 nitrogen and oxygen atoms in total. The van der Waals surface area contributed by atoms with Crippen LogP contribution in [0.2, 0.25) is 5.02 Å². The predicted molar refractivity (Wildman–Crippen MR) is 131 cm³/mol. The molecule has 0 aromatic heterocycles. The highest BCUT2D eigenvalue weighted by atomic mass is 35.5. The van der Waals surface area contributed by atoms with Crippen molar-refractivity contribution in [3.63, 3.8) is 0 Å². The SMILES string of the molecule is C[C@H](COc1ccc(C2=CCN(CCC(=O)O)CC2)cc1)Cc1ccc(Cl)cc1.O=C(O)C(F)(F)F. The second kappa shape index (κ2) is 13.9. The number of carboxylic acids is 2. The molecule has 2 N–H and O–H groups in total. The largest absolute Gasteiger partial charge is 0.493 e. The molecule has 3 rings (SSSR count). The van der Waals surface area contributed by atoms with Gasteiger partial charge in [0.15, 0.2) is 0 Å². The molecule has 0 radical (unpaired) electrons. The average molecular weight is 528 g/mol. The number of aliphatic carboxylic acids is 2. The van der Waals surface area contributed by atoms with Crippen LogP contribution in [0.3, 0.4) is 0 Å². The predicted octanol–water partition coefficient (Wildman–Crippen LogP) is 5.79. The Labute approximate surface area is 212 Å². The van der Waals surface area contributed by atoms with Gasteiger partial charge in [-0.3, -0.25) is 9.69 Å². The molecule has 0 saturated heterocycles. The summed E-state index contributed by atoms with van der Waals surface area (Å²) in [4.78, 5) is 21.8. The highest BCUT2D eigenvalue weighted by Gasteiger charge is 2.38. The minimum atomic E-state index is -5.08. The number of rotatable bonds is 9. The fourth-order valence-electron chi connectivity index (χ4n) is 3.52. The zero-order valence-corrected chi connectivity index (χ0v) is 20.6. The van der Waals surface area contributed by atoms with E-state index >= 15 is 0 Å². The number of halogens is 4. The van der Waals surface area contributed by atoms with Crippen LogP contribution in [0.5, 0.6) is 5.75 Å². The highest BCUT2D eigenvalue weighted by Crippen LogP contribution is 2.25. The van der Waals surface area contributed by atoms with Gasteiger partial charge < -0.3 is 14.9 Å². The van der Waals surface area contributed by atoms with Gasteiger partial charge in [0.2, 0.25) is 0 Å². The Bertz CT molecular complexity index is 1020. The van der Waals surface area contributed by atoms with Crippen LogP contribution in [0.25, 0.3) is 5.57 Å². The number of alkyl halides is 3. The minimum Gasteiger partial charge on any atom is -0.493 e. The first-order valence-corrected chi connectivity index (χ1v) is 11.7. The van der Waals surface area contributed by atoms with E-state index in [2.05, 4.69) is 42.2 Å². The van der Waals surface area contributed by atoms with Crippen molar-refractivity contribution in [2.45, 2.75) is 32.4 Å². The first-order valence-electron chi connectivity index (χ1n) is 11.3. The fourth-order valence-corrected chi connectivity index (χ4v) is 3.64. The van der Waals surface area contributed by atoms with Gasteiger partial charge in [-0.1, -0.05) is 48.9 Å². The number of carbonyl (C=O) groups is 2. The smallest absolute Gasteiger partial charge is 0.490 e. The van der Waals surface area contributed by atoms with E-state index in [1.54, 1.807) is 0 Å². The minimum absolute atomic E-state index is 0.200. The van der Waals surface area contributed by atoms with E-state index in [-0.39, 0.29) is 6.42 Å². The summed E-state index contributed by atoms with van der Waals surface area (Å²) in [5.41, 5.74) is 3.80. The molecule has 0 spiro atoms. The Balaban J connectivity index is 0.000000572. The van der Waals surface area contributed by atoms with Gasteiger partial charge in [-0.05, 0) is 59.7 Å². The number of ether oxygens (including phenoxy) is 1. The molecule has 2 aromatic carbocycles. The van der Waals surface area contributed by atoms with E-state index in [4.69, 9.17) is 31.3 Å². The van der Waals surface area contributed by atoms with Crippen LogP contribution >= 0.6 is 11.6 Å². The van der Waals surface area contributed by atoms with Gasteiger partial charge in [-0.15, -0.1) is 0 Å². The lowest BCUT2D eigenvalue weighted by Crippen LogP contribution is -2.30. The monoisotopic (exact) mass is 527 g/mol. The number of benzene rings is 2.